The zero-order chi connectivity index (χ0) is 13.1. The van der Waals surface area contributed by atoms with Gasteiger partial charge in [0, 0.05) is 11.4 Å². The van der Waals surface area contributed by atoms with Crippen LogP contribution in [0.15, 0.2) is 18.2 Å². The first-order chi connectivity index (χ1) is 7.81. The molecule has 1 atom stereocenters. The van der Waals surface area contributed by atoms with Crippen molar-refractivity contribution in [3.05, 3.63) is 28.8 Å². The Labute approximate surface area is 102 Å². The van der Waals surface area contributed by atoms with Crippen molar-refractivity contribution in [1.29, 1.82) is 0 Å². The van der Waals surface area contributed by atoms with Crippen LogP contribution in [0.1, 0.15) is 12.0 Å². The van der Waals surface area contributed by atoms with Crippen LogP contribution in [0.25, 0.3) is 0 Å². The molecule has 0 aliphatic heterocycles. The normalized spacial score (nSPS) is 13.5. The molecule has 2 nitrogen and oxygen atoms in total. The molecule has 0 saturated carbocycles. The van der Waals surface area contributed by atoms with Crippen LogP contribution < -0.4 is 4.74 Å². The van der Waals surface area contributed by atoms with E-state index in [0.29, 0.717) is 16.3 Å². The monoisotopic (exact) mass is 268 g/mol. The lowest BCUT2D eigenvalue weighted by molar-refractivity contribution is -0.153. The minimum Gasteiger partial charge on any atom is -0.496 e. The summed E-state index contributed by atoms with van der Waals surface area (Å²) in [6, 6.07) is 4.61. The van der Waals surface area contributed by atoms with Gasteiger partial charge in [-0.25, -0.2) is 0 Å². The molecule has 1 rings (SSSR count). The largest absolute Gasteiger partial charge is 0.496 e. The van der Waals surface area contributed by atoms with Crippen LogP contribution in [0, 0.1) is 0 Å². The van der Waals surface area contributed by atoms with E-state index >= 15 is 0 Å². The van der Waals surface area contributed by atoms with Gasteiger partial charge in [0.2, 0.25) is 0 Å². The minimum absolute atomic E-state index is 0.150. The first-order valence-electron chi connectivity index (χ1n) is 4.89. The molecule has 0 heterocycles. The van der Waals surface area contributed by atoms with Crippen LogP contribution in [0.5, 0.6) is 5.75 Å². The highest BCUT2D eigenvalue weighted by Gasteiger charge is 2.31. The summed E-state index contributed by atoms with van der Waals surface area (Å²) in [4.78, 5) is 0. The van der Waals surface area contributed by atoms with Crippen LogP contribution in [-0.2, 0) is 6.42 Å². The zero-order valence-electron chi connectivity index (χ0n) is 9.09. The molecule has 0 radical (unpaired) electrons. The molecule has 1 aromatic carbocycles. The second kappa shape index (κ2) is 5.60. The smallest absolute Gasteiger partial charge is 0.391 e. The van der Waals surface area contributed by atoms with E-state index in [2.05, 4.69) is 0 Å². The molecule has 1 unspecified atom stereocenters. The number of halogens is 4. The van der Waals surface area contributed by atoms with Crippen LogP contribution in [0.3, 0.4) is 0 Å². The molecule has 0 bridgehead atoms. The van der Waals surface area contributed by atoms with Crippen LogP contribution >= 0.6 is 11.6 Å². The summed E-state index contributed by atoms with van der Waals surface area (Å²) in [6.45, 7) is 0. The second-order valence-electron chi connectivity index (χ2n) is 3.63. The molecule has 6 heteroatoms. The summed E-state index contributed by atoms with van der Waals surface area (Å²) in [7, 11) is 1.41. The third-order valence-electron chi connectivity index (χ3n) is 2.17. The fourth-order valence-corrected chi connectivity index (χ4v) is 1.69. The highest BCUT2D eigenvalue weighted by Crippen LogP contribution is 2.27. The maximum atomic E-state index is 12.1. The molecule has 0 amide bonds. The van der Waals surface area contributed by atoms with Gasteiger partial charge in [0.05, 0.1) is 19.6 Å². The van der Waals surface area contributed by atoms with Gasteiger partial charge in [0.25, 0.3) is 0 Å². The summed E-state index contributed by atoms with van der Waals surface area (Å²) in [5.74, 6) is 0.413. The molecule has 0 spiro atoms. The van der Waals surface area contributed by atoms with Crippen LogP contribution in [0.2, 0.25) is 5.02 Å². The van der Waals surface area contributed by atoms with E-state index in [4.69, 9.17) is 16.3 Å². The molecule has 1 N–H and O–H groups in total. The quantitative estimate of drug-likeness (QED) is 0.909. The molecular weight excluding hydrogens is 257 g/mol. The number of aliphatic hydroxyl groups excluding tert-OH is 1. The van der Waals surface area contributed by atoms with Gasteiger partial charge in [0.15, 0.2) is 0 Å². The lowest BCUT2D eigenvalue weighted by atomic mass is 10.0. The SMILES string of the molecule is COc1ccc(Cl)cc1CC(O)CC(F)(F)F. The fourth-order valence-electron chi connectivity index (χ4n) is 1.50. The third-order valence-corrected chi connectivity index (χ3v) is 2.40. The summed E-state index contributed by atoms with van der Waals surface area (Å²) in [5.41, 5.74) is 0.455. The molecule has 96 valence electrons. The Morgan fingerprint density at radius 2 is 2.06 bits per heavy atom. The number of rotatable bonds is 4. The van der Waals surface area contributed by atoms with E-state index in [-0.39, 0.29) is 6.42 Å². The number of hydrogen-bond donors (Lipinski definition) is 1. The first-order valence-corrected chi connectivity index (χ1v) is 5.27. The molecule has 0 aliphatic rings. The number of hydrogen-bond acceptors (Lipinski definition) is 2. The Balaban J connectivity index is 2.76. The summed E-state index contributed by atoms with van der Waals surface area (Å²) in [5, 5.41) is 9.72. The average Bonchev–Trinajstić information content (AvgIpc) is 2.14. The predicted octanol–water partition coefficient (Wildman–Crippen LogP) is 3.20. The maximum absolute atomic E-state index is 12.1. The molecule has 0 aromatic heterocycles. The van der Waals surface area contributed by atoms with Crippen molar-refractivity contribution >= 4 is 11.6 Å². The summed E-state index contributed by atoms with van der Waals surface area (Å²) < 4.78 is 41.1. The van der Waals surface area contributed by atoms with Crippen molar-refractivity contribution in [2.24, 2.45) is 0 Å². The van der Waals surface area contributed by atoms with Gasteiger partial charge in [-0.1, -0.05) is 11.6 Å². The molecule has 0 saturated heterocycles. The average molecular weight is 269 g/mol. The van der Waals surface area contributed by atoms with Gasteiger partial charge in [-0.3, -0.25) is 0 Å². The van der Waals surface area contributed by atoms with Crippen molar-refractivity contribution in [3.63, 3.8) is 0 Å². The molecule has 0 aliphatic carbocycles. The van der Waals surface area contributed by atoms with Gasteiger partial charge >= 0.3 is 6.18 Å². The van der Waals surface area contributed by atoms with Crippen molar-refractivity contribution in [3.8, 4) is 5.75 Å². The number of aliphatic hydroxyl groups is 1. The second-order valence-corrected chi connectivity index (χ2v) is 4.07. The number of benzene rings is 1. The molecule has 0 fully saturated rings. The van der Waals surface area contributed by atoms with E-state index < -0.39 is 18.7 Å². The highest BCUT2D eigenvalue weighted by molar-refractivity contribution is 6.30. The Morgan fingerprint density at radius 1 is 1.41 bits per heavy atom. The Bertz CT molecular complexity index is 379. The lowest BCUT2D eigenvalue weighted by Crippen LogP contribution is -2.21. The van der Waals surface area contributed by atoms with Crippen molar-refractivity contribution < 1.29 is 23.0 Å². The molecular formula is C11H12ClF3O2. The van der Waals surface area contributed by atoms with Crippen molar-refractivity contribution in [2.75, 3.05) is 7.11 Å². The number of ether oxygens (including phenoxy) is 1. The van der Waals surface area contributed by atoms with E-state index in [9.17, 15) is 18.3 Å². The van der Waals surface area contributed by atoms with Crippen molar-refractivity contribution in [1.82, 2.24) is 0 Å². The number of methoxy groups -OCH3 is 1. The zero-order valence-corrected chi connectivity index (χ0v) is 9.85. The van der Waals surface area contributed by atoms with Gasteiger partial charge in [-0.2, -0.15) is 13.2 Å². The lowest BCUT2D eigenvalue weighted by Gasteiger charge is -2.15. The highest BCUT2D eigenvalue weighted by atomic mass is 35.5. The fraction of sp³-hybridized carbons (Fsp3) is 0.455. The van der Waals surface area contributed by atoms with Crippen LogP contribution in [0.4, 0.5) is 13.2 Å². The number of alkyl halides is 3. The van der Waals surface area contributed by atoms with Gasteiger partial charge < -0.3 is 9.84 Å². The minimum atomic E-state index is -4.38. The van der Waals surface area contributed by atoms with E-state index in [1.54, 1.807) is 12.1 Å². The predicted molar refractivity (Wildman–Crippen MR) is 58.4 cm³/mol. The third kappa shape index (κ3) is 4.83. The van der Waals surface area contributed by atoms with E-state index in [0.717, 1.165) is 0 Å². The van der Waals surface area contributed by atoms with Gasteiger partial charge in [-0.15, -0.1) is 0 Å². The summed E-state index contributed by atoms with van der Waals surface area (Å²) >= 11 is 5.73. The topological polar surface area (TPSA) is 29.5 Å². The molecule has 17 heavy (non-hydrogen) atoms. The van der Waals surface area contributed by atoms with Gasteiger partial charge in [-0.05, 0) is 23.8 Å². The van der Waals surface area contributed by atoms with Crippen LogP contribution in [-0.4, -0.2) is 24.5 Å². The maximum Gasteiger partial charge on any atom is 0.391 e. The Kier molecular flexibility index (Phi) is 4.65. The van der Waals surface area contributed by atoms with E-state index in [1.807, 2.05) is 0 Å². The van der Waals surface area contributed by atoms with E-state index in [1.165, 1.54) is 13.2 Å². The molecule has 1 aromatic rings. The summed E-state index contributed by atoms with van der Waals surface area (Å²) in [6.07, 6.45) is -7.28. The Morgan fingerprint density at radius 3 is 2.59 bits per heavy atom. The van der Waals surface area contributed by atoms with Gasteiger partial charge in [0.1, 0.15) is 5.75 Å². The van der Waals surface area contributed by atoms with Crippen molar-refractivity contribution in [2.45, 2.75) is 25.1 Å². The Hall–Kier alpha value is -0.940. The standard InChI is InChI=1S/C11H12ClF3O2/c1-17-10-3-2-8(12)4-7(10)5-9(16)6-11(13,14)15/h2-4,9,16H,5-6H2,1H3. The first kappa shape index (κ1) is 14.1.